The Kier molecular flexibility index (Phi) is 5.95. The van der Waals surface area contributed by atoms with Crippen LogP contribution in [0.2, 0.25) is 0 Å². The number of carbonyl (C=O) groups is 3. The van der Waals surface area contributed by atoms with Gasteiger partial charge in [-0.1, -0.05) is 20.8 Å². The summed E-state index contributed by atoms with van der Waals surface area (Å²) in [4.78, 5) is 38.5. The molecule has 0 radical (unpaired) electrons. The average molecular weight is 418 g/mol. The lowest BCUT2D eigenvalue weighted by molar-refractivity contribution is -0.193. The molecule has 2 rings (SSSR count). The lowest BCUT2D eigenvalue weighted by Gasteiger charge is -2.54. The molecule has 1 aliphatic carbocycles. The van der Waals surface area contributed by atoms with Gasteiger partial charge < -0.3 is 20.1 Å². The van der Waals surface area contributed by atoms with E-state index in [1.54, 1.807) is 41.5 Å². The third-order valence-corrected chi connectivity index (χ3v) is 5.50. The van der Waals surface area contributed by atoms with Crippen molar-refractivity contribution >= 4 is 18.0 Å². The van der Waals surface area contributed by atoms with Crippen LogP contribution in [0.25, 0.3) is 0 Å². The van der Waals surface area contributed by atoms with Crippen LogP contribution >= 0.6 is 0 Å². The number of carboxylic acid groups (broad SMARTS) is 1. The molecule has 0 bridgehead atoms. The highest BCUT2D eigenvalue weighted by Crippen LogP contribution is 2.58. The third kappa shape index (κ3) is 5.57. The summed E-state index contributed by atoms with van der Waals surface area (Å²) in [5.41, 5.74) is -2.21. The molecule has 1 heterocycles. The Bertz CT molecular complexity index is 673. The molecule has 2 atom stereocenters. The molecule has 0 aromatic heterocycles. The number of nitrogens with one attached hydrogen (secondary N) is 1. The van der Waals surface area contributed by atoms with Gasteiger partial charge in [0.15, 0.2) is 0 Å². The summed E-state index contributed by atoms with van der Waals surface area (Å²) in [6.45, 7) is 10.4. The number of ether oxygens (including phenoxy) is 1. The van der Waals surface area contributed by atoms with E-state index >= 15 is 0 Å². The molecular weight excluding hydrogens is 386 g/mol. The average Bonchev–Trinajstić information content (AvgIpc) is 2.47. The number of hydrogen-bond donors (Lipinski definition) is 2. The summed E-state index contributed by atoms with van der Waals surface area (Å²) in [5.74, 6) is -4.53. The zero-order valence-corrected chi connectivity index (χ0v) is 18.0. The van der Waals surface area contributed by atoms with Crippen molar-refractivity contribution in [3.8, 4) is 0 Å². The van der Waals surface area contributed by atoms with E-state index in [0.717, 1.165) is 0 Å². The predicted molar refractivity (Wildman–Crippen MR) is 102 cm³/mol. The standard InChI is InChI=1S/C20H32F2N2O5/c1-17(2,3)13(23-16(28)29-18(4,5)6)14(25)24-8-7-19(9-12(24)15(26)27)10-20(21,22)11-19/h12-13H,7-11H2,1-6H3,(H,23,28)(H,26,27)/t12-,13+/m0/s1. The van der Waals surface area contributed by atoms with Crippen LogP contribution in [0.1, 0.15) is 67.2 Å². The van der Waals surface area contributed by atoms with Gasteiger partial charge in [0.1, 0.15) is 17.7 Å². The van der Waals surface area contributed by atoms with Gasteiger partial charge in [0.25, 0.3) is 0 Å². The van der Waals surface area contributed by atoms with Gasteiger partial charge in [0.2, 0.25) is 11.8 Å². The summed E-state index contributed by atoms with van der Waals surface area (Å²) in [6, 6.07) is -2.21. The van der Waals surface area contributed by atoms with Crippen molar-refractivity contribution in [1.29, 1.82) is 0 Å². The van der Waals surface area contributed by atoms with Crippen molar-refractivity contribution in [1.82, 2.24) is 10.2 Å². The smallest absolute Gasteiger partial charge is 0.408 e. The number of hydrogen-bond acceptors (Lipinski definition) is 4. The van der Waals surface area contributed by atoms with Gasteiger partial charge in [-0.2, -0.15) is 0 Å². The minimum Gasteiger partial charge on any atom is -0.480 e. The first-order chi connectivity index (χ1) is 12.9. The van der Waals surface area contributed by atoms with Crippen LogP contribution in [0.15, 0.2) is 0 Å². The highest BCUT2D eigenvalue weighted by atomic mass is 19.3. The van der Waals surface area contributed by atoms with Crippen molar-refractivity contribution < 1.29 is 33.0 Å². The van der Waals surface area contributed by atoms with Crippen LogP contribution in [-0.2, 0) is 14.3 Å². The van der Waals surface area contributed by atoms with Crippen LogP contribution in [0.3, 0.4) is 0 Å². The molecule has 2 fully saturated rings. The van der Waals surface area contributed by atoms with Crippen LogP contribution in [0.5, 0.6) is 0 Å². The number of carboxylic acids is 1. The van der Waals surface area contributed by atoms with Crippen LogP contribution < -0.4 is 5.32 Å². The second kappa shape index (κ2) is 7.40. The van der Waals surface area contributed by atoms with Crippen molar-refractivity contribution in [2.45, 2.75) is 90.8 Å². The van der Waals surface area contributed by atoms with Crippen LogP contribution in [-0.4, -0.2) is 58.1 Å². The Hall–Kier alpha value is -1.93. The molecule has 7 nitrogen and oxygen atoms in total. The van der Waals surface area contributed by atoms with Gasteiger partial charge in [-0.3, -0.25) is 4.79 Å². The van der Waals surface area contributed by atoms with Crippen molar-refractivity contribution in [3.05, 3.63) is 0 Å². The lowest BCUT2D eigenvalue weighted by atomic mass is 9.59. The normalized spacial score (nSPS) is 24.4. The molecule has 0 aromatic rings. The molecular formula is C20H32F2N2O5. The SMILES string of the molecule is CC(C)(C)OC(=O)N[C@H](C(=O)N1CCC2(C[C@H]1C(=O)O)CC(F)(F)C2)C(C)(C)C. The Balaban J connectivity index is 2.19. The summed E-state index contributed by atoms with van der Waals surface area (Å²) >= 11 is 0. The van der Waals surface area contributed by atoms with Gasteiger partial charge >= 0.3 is 12.1 Å². The fourth-order valence-corrected chi connectivity index (χ4v) is 4.23. The number of alkyl halides is 2. The van der Waals surface area contributed by atoms with Gasteiger partial charge in [0.05, 0.1) is 0 Å². The largest absolute Gasteiger partial charge is 0.480 e. The molecule has 0 aromatic carbocycles. The summed E-state index contributed by atoms with van der Waals surface area (Å²) < 4.78 is 32.1. The van der Waals surface area contributed by atoms with Crippen molar-refractivity contribution in [2.75, 3.05) is 6.54 Å². The molecule has 1 aliphatic heterocycles. The number of likely N-dealkylation sites (tertiary alicyclic amines) is 1. The van der Waals surface area contributed by atoms with Gasteiger partial charge in [-0.15, -0.1) is 0 Å². The summed E-state index contributed by atoms with van der Waals surface area (Å²) in [5, 5.41) is 12.2. The molecule has 2 N–H and O–H groups in total. The molecule has 166 valence electrons. The Morgan fingerprint density at radius 2 is 1.69 bits per heavy atom. The second-order valence-electron chi connectivity index (χ2n) is 10.5. The zero-order chi connectivity index (χ0) is 22.4. The zero-order valence-electron chi connectivity index (χ0n) is 18.0. The number of rotatable bonds is 3. The van der Waals surface area contributed by atoms with Crippen molar-refractivity contribution in [2.24, 2.45) is 10.8 Å². The molecule has 29 heavy (non-hydrogen) atoms. The van der Waals surface area contributed by atoms with E-state index in [-0.39, 0.29) is 25.8 Å². The van der Waals surface area contributed by atoms with Crippen LogP contribution in [0, 0.1) is 10.8 Å². The topological polar surface area (TPSA) is 95.9 Å². The predicted octanol–water partition coefficient (Wildman–Crippen LogP) is 3.42. The first-order valence-corrected chi connectivity index (χ1v) is 9.85. The summed E-state index contributed by atoms with van der Waals surface area (Å²) in [7, 11) is 0. The highest BCUT2D eigenvalue weighted by molar-refractivity contribution is 5.90. The second-order valence-corrected chi connectivity index (χ2v) is 10.5. The lowest BCUT2D eigenvalue weighted by Crippen LogP contribution is -2.63. The van der Waals surface area contributed by atoms with E-state index in [1.807, 2.05) is 0 Å². The fraction of sp³-hybridized carbons (Fsp3) is 0.850. The van der Waals surface area contributed by atoms with E-state index in [0.29, 0.717) is 6.42 Å². The van der Waals surface area contributed by atoms with E-state index < -0.39 is 52.4 Å². The Labute approximate surface area is 170 Å². The highest BCUT2D eigenvalue weighted by Gasteiger charge is 2.60. The third-order valence-electron chi connectivity index (χ3n) is 5.50. The number of piperidine rings is 1. The maximum atomic E-state index is 13.4. The van der Waals surface area contributed by atoms with E-state index in [2.05, 4.69) is 5.32 Å². The number of amides is 2. The first kappa shape index (κ1) is 23.3. The number of carbonyl (C=O) groups excluding carboxylic acids is 2. The number of aliphatic carboxylic acids is 1. The van der Waals surface area contributed by atoms with Gasteiger partial charge in [-0.25, -0.2) is 18.4 Å². The number of nitrogens with zero attached hydrogens (tertiary/aromatic N) is 1. The first-order valence-electron chi connectivity index (χ1n) is 9.85. The Morgan fingerprint density at radius 3 is 2.10 bits per heavy atom. The Morgan fingerprint density at radius 1 is 1.14 bits per heavy atom. The molecule has 1 saturated heterocycles. The minimum atomic E-state index is -2.76. The molecule has 9 heteroatoms. The molecule has 1 saturated carbocycles. The molecule has 2 aliphatic rings. The fourth-order valence-electron chi connectivity index (χ4n) is 4.23. The van der Waals surface area contributed by atoms with Gasteiger partial charge in [0, 0.05) is 19.4 Å². The number of halogens is 2. The number of alkyl carbamates (subject to hydrolysis) is 1. The van der Waals surface area contributed by atoms with E-state index in [1.165, 1.54) is 4.90 Å². The quantitative estimate of drug-likeness (QED) is 0.732. The molecule has 1 spiro atoms. The molecule has 2 amide bonds. The van der Waals surface area contributed by atoms with Crippen LogP contribution in [0.4, 0.5) is 13.6 Å². The van der Waals surface area contributed by atoms with Gasteiger partial charge in [-0.05, 0) is 44.4 Å². The summed E-state index contributed by atoms with van der Waals surface area (Å²) in [6.07, 6.45) is -1.14. The monoisotopic (exact) mass is 418 g/mol. The molecule has 0 unspecified atom stereocenters. The van der Waals surface area contributed by atoms with E-state index in [9.17, 15) is 28.3 Å². The maximum absolute atomic E-state index is 13.4. The maximum Gasteiger partial charge on any atom is 0.408 e. The minimum absolute atomic E-state index is 0.00698. The van der Waals surface area contributed by atoms with Crippen molar-refractivity contribution in [3.63, 3.8) is 0 Å². The van der Waals surface area contributed by atoms with E-state index in [4.69, 9.17) is 4.74 Å².